The largest absolute Gasteiger partial charge is 0.496 e. The number of para-hydroxylation sites is 1. The zero-order valence-electron chi connectivity index (χ0n) is 15.8. The molecule has 1 atom stereocenters. The van der Waals surface area contributed by atoms with E-state index in [0.717, 1.165) is 12.1 Å². The first-order chi connectivity index (χ1) is 13.6. The molecule has 8 heteroatoms. The maximum absolute atomic E-state index is 14.0. The molecule has 29 heavy (non-hydrogen) atoms. The van der Waals surface area contributed by atoms with E-state index in [1.807, 2.05) is 0 Å². The summed E-state index contributed by atoms with van der Waals surface area (Å²) in [5, 5.41) is 9.34. The molecule has 0 radical (unpaired) electrons. The predicted octanol–water partition coefficient (Wildman–Crippen LogP) is 4.28. The Balaban J connectivity index is 1.92. The van der Waals surface area contributed by atoms with Crippen LogP contribution < -0.4 is 9.64 Å². The molecular formula is C21H21F4NO3. The number of carbonyl (C=O) groups excluding carboxylic acids is 1. The Kier molecular flexibility index (Phi) is 5.84. The third-order valence-electron chi connectivity index (χ3n) is 5.04. The maximum Gasteiger partial charge on any atom is 0.453 e. The predicted molar refractivity (Wildman–Crippen MR) is 99.5 cm³/mol. The van der Waals surface area contributed by atoms with Crippen molar-refractivity contribution in [2.24, 2.45) is 0 Å². The number of ether oxygens (including phenoxy) is 1. The molecule has 0 aromatic heterocycles. The summed E-state index contributed by atoms with van der Waals surface area (Å²) in [6.07, 6.45) is -3.73. The van der Waals surface area contributed by atoms with Gasteiger partial charge in [0.1, 0.15) is 5.75 Å². The van der Waals surface area contributed by atoms with Crippen LogP contribution in [0.25, 0.3) is 0 Å². The molecule has 0 fully saturated rings. The highest BCUT2D eigenvalue weighted by molar-refractivity contribution is 5.96. The lowest BCUT2D eigenvalue weighted by Gasteiger charge is -2.26. The molecule has 1 unspecified atom stereocenters. The fourth-order valence-corrected chi connectivity index (χ4v) is 3.49. The van der Waals surface area contributed by atoms with E-state index in [1.54, 1.807) is 24.3 Å². The number of carbonyl (C=O) groups is 1. The van der Waals surface area contributed by atoms with Gasteiger partial charge in [0.05, 0.1) is 13.5 Å². The first-order valence-corrected chi connectivity index (χ1v) is 9.19. The Morgan fingerprint density at radius 2 is 1.86 bits per heavy atom. The van der Waals surface area contributed by atoms with Crippen molar-refractivity contribution in [2.45, 2.75) is 37.7 Å². The van der Waals surface area contributed by atoms with Gasteiger partial charge >= 0.3 is 12.0 Å². The van der Waals surface area contributed by atoms with Gasteiger partial charge in [0.15, 0.2) is 0 Å². The molecule has 1 aliphatic rings. The van der Waals surface area contributed by atoms with E-state index in [2.05, 4.69) is 0 Å². The van der Waals surface area contributed by atoms with Gasteiger partial charge in [-0.1, -0.05) is 24.3 Å². The molecule has 2 aromatic rings. The number of methoxy groups -OCH3 is 1. The van der Waals surface area contributed by atoms with Crippen molar-refractivity contribution >= 4 is 11.6 Å². The van der Waals surface area contributed by atoms with Gasteiger partial charge < -0.3 is 14.7 Å². The van der Waals surface area contributed by atoms with Crippen molar-refractivity contribution in [3.05, 3.63) is 59.2 Å². The molecule has 0 aliphatic carbocycles. The summed E-state index contributed by atoms with van der Waals surface area (Å²) in [4.78, 5) is 14.5. The SMILES string of the molecule is COc1ccccc1CC(=O)N1CCCCc2cc(C(O)(F)C(F)(F)F)ccc21. The standard InChI is InChI=1S/C21H21F4NO3/c1-29-18-8-3-2-7-15(18)13-19(27)26-11-5-4-6-14-12-16(9-10-17(14)26)20(22,28)21(23,24)25/h2-3,7-10,12,28H,4-6,11,13H2,1H3. The molecule has 1 heterocycles. The average molecular weight is 411 g/mol. The molecule has 0 saturated carbocycles. The van der Waals surface area contributed by atoms with Crippen molar-refractivity contribution in [2.75, 3.05) is 18.6 Å². The highest BCUT2D eigenvalue weighted by Gasteiger charge is 2.56. The van der Waals surface area contributed by atoms with E-state index in [0.29, 0.717) is 48.4 Å². The lowest BCUT2D eigenvalue weighted by molar-refractivity contribution is -0.323. The topological polar surface area (TPSA) is 49.8 Å². The monoisotopic (exact) mass is 411 g/mol. The van der Waals surface area contributed by atoms with Gasteiger partial charge in [-0.2, -0.15) is 17.6 Å². The van der Waals surface area contributed by atoms with Crippen molar-refractivity contribution < 1.29 is 32.2 Å². The van der Waals surface area contributed by atoms with Gasteiger partial charge in [-0.05, 0) is 43.0 Å². The van der Waals surface area contributed by atoms with Crippen molar-refractivity contribution in [3.63, 3.8) is 0 Å². The van der Waals surface area contributed by atoms with Crippen molar-refractivity contribution in [1.82, 2.24) is 0 Å². The van der Waals surface area contributed by atoms with E-state index in [-0.39, 0.29) is 12.3 Å². The quantitative estimate of drug-likeness (QED) is 0.764. The molecule has 0 spiro atoms. The summed E-state index contributed by atoms with van der Waals surface area (Å²) < 4.78 is 57.8. The lowest BCUT2D eigenvalue weighted by atomic mass is 9.99. The molecule has 2 aromatic carbocycles. The number of hydrogen-bond donors (Lipinski definition) is 1. The lowest BCUT2D eigenvalue weighted by Crippen LogP contribution is -2.38. The molecular weight excluding hydrogens is 390 g/mol. The molecule has 1 N–H and O–H groups in total. The smallest absolute Gasteiger partial charge is 0.453 e. The number of benzene rings is 2. The fraction of sp³-hybridized carbons (Fsp3) is 0.381. The van der Waals surface area contributed by atoms with Crippen LogP contribution in [-0.4, -0.2) is 30.8 Å². The normalized spacial score (nSPS) is 16.6. The first kappa shape index (κ1) is 21.1. The van der Waals surface area contributed by atoms with Crippen molar-refractivity contribution in [3.8, 4) is 5.75 Å². The van der Waals surface area contributed by atoms with Crippen LogP contribution in [0.2, 0.25) is 0 Å². The molecule has 1 aliphatic heterocycles. The number of rotatable bonds is 4. The number of alkyl halides is 4. The number of aryl methyl sites for hydroxylation is 1. The number of amides is 1. The molecule has 3 rings (SSSR count). The van der Waals surface area contributed by atoms with Crippen LogP contribution in [0.1, 0.15) is 29.5 Å². The summed E-state index contributed by atoms with van der Waals surface area (Å²) in [6, 6.07) is 10.2. The van der Waals surface area contributed by atoms with E-state index in [1.165, 1.54) is 18.1 Å². The van der Waals surface area contributed by atoms with Crippen molar-refractivity contribution in [1.29, 1.82) is 0 Å². The van der Waals surface area contributed by atoms with Crippen LogP contribution in [0.15, 0.2) is 42.5 Å². The second-order valence-corrected chi connectivity index (χ2v) is 6.95. The highest BCUT2D eigenvalue weighted by Crippen LogP contribution is 2.42. The van der Waals surface area contributed by atoms with Gasteiger partial charge in [-0.15, -0.1) is 0 Å². The van der Waals surface area contributed by atoms with E-state index in [4.69, 9.17) is 4.74 Å². The fourth-order valence-electron chi connectivity index (χ4n) is 3.49. The maximum atomic E-state index is 14.0. The molecule has 0 bridgehead atoms. The summed E-state index contributed by atoms with van der Waals surface area (Å²) in [5.41, 5.74) is 0.637. The molecule has 156 valence electrons. The summed E-state index contributed by atoms with van der Waals surface area (Å²) in [7, 11) is 1.50. The first-order valence-electron chi connectivity index (χ1n) is 9.19. The number of fused-ring (bicyclic) bond motifs is 1. The van der Waals surface area contributed by atoms with Gasteiger partial charge in [0.2, 0.25) is 5.91 Å². The van der Waals surface area contributed by atoms with E-state index in [9.17, 15) is 27.5 Å². The Hall–Kier alpha value is -2.61. The molecule has 0 saturated heterocycles. The summed E-state index contributed by atoms with van der Waals surface area (Å²) in [6.45, 7) is 0.402. The molecule has 4 nitrogen and oxygen atoms in total. The van der Waals surface area contributed by atoms with Gasteiger partial charge in [-0.3, -0.25) is 4.79 Å². The van der Waals surface area contributed by atoms with Crippen LogP contribution in [0.3, 0.4) is 0 Å². The van der Waals surface area contributed by atoms with E-state index < -0.39 is 17.6 Å². The van der Waals surface area contributed by atoms with Crippen LogP contribution >= 0.6 is 0 Å². The summed E-state index contributed by atoms with van der Waals surface area (Å²) in [5.74, 6) is -4.11. The second kappa shape index (κ2) is 8.02. The number of anilines is 1. The van der Waals surface area contributed by atoms with Gasteiger partial charge in [0.25, 0.3) is 0 Å². The Morgan fingerprint density at radius 1 is 1.14 bits per heavy atom. The van der Waals surface area contributed by atoms with Crippen LogP contribution in [-0.2, 0) is 23.5 Å². The molecule has 1 amide bonds. The number of aliphatic hydroxyl groups is 1. The van der Waals surface area contributed by atoms with Crippen LogP contribution in [0.4, 0.5) is 23.2 Å². The van der Waals surface area contributed by atoms with Crippen LogP contribution in [0.5, 0.6) is 5.75 Å². The highest BCUT2D eigenvalue weighted by atomic mass is 19.4. The minimum Gasteiger partial charge on any atom is -0.496 e. The van der Waals surface area contributed by atoms with Crippen LogP contribution in [0, 0.1) is 0 Å². The minimum absolute atomic E-state index is 0.0564. The zero-order chi connectivity index (χ0) is 21.2. The Morgan fingerprint density at radius 3 is 2.55 bits per heavy atom. The van der Waals surface area contributed by atoms with Gasteiger partial charge in [-0.25, -0.2) is 0 Å². The van der Waals surface area contributed by atoms with Gasteiger partial charge in [0, 0.05) is 23.4 Å². The number of nitrogens with zero attached hydrogens (tertiary/aromatic N) is 1. The third kappa shape index (κ3) is 4.22. The zero-order valence-corrected chi connectivity index (χ0v) is 15.8. The summed E-state index contributed by atoms with van der Waals surface area (Å²) >= 11 is 0. The third-order valence-corrected chi connectivity index (χ3v) is 5.04. The Labute approximate surface area is 165 Å². The number of halogens is 4. The second-order valence-electron chi connectivity index (χ2n) is 6.95. The van der Waals surface area contributed by atoms with E-state index >= 15 is 0 Å². The Bertz CT molecular complexity index is 896. The minimum atomic E-state index is -5.45. The average Bonchev–Trinajstić information content (AvgIpc) is 2.89. The number of hydrogen-bond acceptors (Lipinski definition) is 3.